The van der Waals surface area contributed by atoms with E-state index in [0.717, 1.165) is 17.3 Å². The number of carboxylic acid groups (broad SMARTS) is 1. The van der Waals surface area contributed by atoms with Crippen molar-refractivity contribution in [2.24, 2.45) is 10.2 Å². The van der Waals surface area contributed by atoms with Crippen molar-refractivity contribution in [2.45, 2.75) is 11.7 Å². The lowest BCUT2D eigenvalue weighted by Crippen LogP contribution is -2.33. The Morgan fingerprint density at radius 3 is 2.78 bits per heavy atom. The van der Waals surface area contributed by atoms with Crippen LogP contribution in [0.2, 0.25) is 0 Å². The van der Waals surface area contributed by atoms with Gasteiger partial charge in [0, 0.05) is 6.42 Å². The number of amidine groups is 1. The zero-order chi connectivity index (χ0) is 16.7. The van der Waals surface area contributed by atoms with E-state index in [1.807, 2.05) is 30.3 Å². The zero-order valence-corrected chi connectivity index (χ0v) is 12.7. The van der Waals surface area contributed by atoms with Gasteiger partial charge >= 0.3 is 5.97 Å². The zero-order valence-electron chi connectivity index (χ0n) is 11.9. The average Bonchev–Trinajstić information content (AvgIpc) is 2.86. The highest BCUT2D eigenvalue weighted by atomic mass is 32.2. The van der Waals surface area contributed by atoms with Crippen LogP contribution in [-0.4, -0.2) is 46.1 Å². The normalized spacial score (nSPS) is 19.0. The first-order valence-electron chi connectivity index (χ1n) is 6.66. The highest BCUT2D eigenvalue weighted by molar-refractivity contribution is 8.15. The number of aliphatic carboxylic acids is 1. The summed E-state index contributed by atoms with van der Waals surface area (Å²) in [5.41, 5.74) is 0.871. The third kappa shape index (κ3) is 5.55. The molecule has 1 aromatic rings. The molecule has 2 amide bonds. The van der Waals surface area contributed by atoms with E-state index < -0.39 is 23.7 Å². The van der Waals surface area contributed by atoms with Crippen molar-refractivity contribution in [1.82, 2.24) is 10.6 Å². The number of nitrogens with one attached hydrogen (secondary N) is 2. The number of hydrogen-bond donors (Lipinski definition) is 3. The Labute approximate surface area is 136 Å². The Balaban J connectivity index is 1.86. The number of nitrogens with zero attached hydrogens (tertiary/aromatic N) is 2. The molecular weight excluding hydrogens is 320 g/mol. The van der Waals surface area contributed by atoms with Crippen LogP contribution in [0, 0.1) is 0 Å². The Morgan fingerprint density at radius 1 is 1.35 bits per heavy atom. The molecule has 1 atom stereocenters. The van der Waals surface area contributed by atoms with Gasteiger partial charge in [0.05, 0.1) is 6.21 Å². The summed E-state index contributed by atoms with van der Waals surface area (Å²) in [6.07, 6.45) is 1.43. The molecule has 1 aliphatic rings. The second-order valence-electron chi connectivity index (χ2n) is 4.53. The number of benzene rings is 1. The van der Waals surface area contributed by atoms with Crippen molar-refractivity contribution in [2.75, 3.05) is 6.54 Å². The van der Waals surface area contributed by atoms with E-state index in [1.165, 1.54) is 0 Å². The van der Waals surface area contributed by atoms with Crippen LogP contribution in [0.25, 0.3) is 0 Å². The van der Waals surface area contributed by atoms with Gasteiger partial charge in [0.2, 0.25) is 11.8 Å². The maximum atomic E-state index is 11.7. The molecule has 8 nitrogen and oxygen atoms in total. The Bertz CT molecular complexity index is 660. The first kappa shape index (κ1) is 16.7. The molecule has 1 saturated heterocycles. The average molecular weight is 334 g/mol. The summed E-state index contributed by atoms with van der Waals surface area (Å²) in [6, 6.07) is 9.34. The highest BCUT2D eigenvalue weighted by Crippen LogP contribution is 2.22. The van der Waals surface area contributed by atoms with Crippen molar-refractivity contribution in [1.29, 1.82) is 0 Å². The van der Waals surface area contributed by atoms with Gasteiger partial charge in [0.1, 0.15) is 11.8 Å². The molecule has 0 radical (unpaired) electrons. The molecular formula is C14H14N4O4S. The fourth-order valence-corrected chi connectivity index (χ4v) is 2.61. The fourth-order valence-electron chi connectivity index (χ4n) is 1.69. The van der Waals surface area contributed by atoms with E-state index in [1.54, 1.807) is 6.21 Å². The first-order valence-corrected chi connectivity index (χ1v) is 7.54. The molecule has 0 saturated carbocycles. The number of amides is 2. The van der Waals surface area contributed by atoms with Crippen molar-refractivity contribution in [3.05, 3.63) is 35.9 Å². The van der Waals surface area contributed by atoms with Crippen LogP contribution in [0.1, 0.15) is 12.0 Å². The van der Waals surface area contributed by atoms with Crippen LogP contribution in [0.15, 0.2) is 40.5 Å². The number of carbonyl (C=O) groups is 3. The van der Waals surface area contributed by atoms with Crippen LogP contribution in [0.3, 0.4) is 0 Å². The summed E-state index contributed by atoms with van der Waals surface area (Å²) in [5.74, 6) is -2.00. The molecule has 1 aliphatic heterocycles. The van der Waals surface area contributed by atoms with Gasteiger partial charge in [-0.1, -0.05) is 42.1 Å². The molecule has 9 heteroatoms. The molecule has 1 heterocycles. The minimum absolute atomic E-state index is 0.120. The summed E-state index contributed by atoms with van der Waals surface area (Å²) >= 11 is 1.08. The van der Waals surface area contributed by atoms with E-state index in [0.29, 0.717) is 5.17 Å². The van der Waals surface area contributed by atoms with Crippen molar-refractivity contribution in [3.63, 3.8) is 0 Å². The molecule has 120 valence electrons. The molecule has 1 fully saturated rings. The molecule has 23 heavy (non-hydrogen) atoms. The quantitative estimate of drug-likeness (QED) is 0.507. The molecule has 1 aromatic carbocycles. The predicted molar refractivity (Wildman–Crippen MR) is 86.3 cm³/mol. The van der Waals surface area contributed by atoms with Crippen LogP contribution in [0.4, 0.5) is 0 Å². The SMILES string of the molecule is O=C(O)CNC(=O)CC1S/C(=N/N=C/c2ccccc2)NC1=O. The summed E-state index contributed by atoms with van der Waals surface area (Å²) in [5, 5.41) is 20.6. The van der Waals surface area contributed by atoms with Gasteiger partial charge in [-0.3, -0.25) is 14.4 Å². The largest absolute Gasteiger partial charge is 0.480 e. The van der Waals surface area contributed by atoms with E-state index in [4.69, 9.17) is 5.11 Å². The fraction of sp³-hybridized carbons (Fsp3) is 0.214. The number of rotatable bonds is 6. The first-order chi connectivity index (χ1) is 11.0. The second-order valence-corrected chi connectivity index (χ2v) is 5.72. The lowest BCUT2D eigenvalue weighted by Gasteiger charge is -2.04. The molecule has 0 aromatic heterocycles. The van der Waals surface area contributed by atoms with Gasteiger partial charge in [-0.05, 0) is 5.56 Å². The minimum atomic E-state index is -1.14. The number of hydrogen-bond acceptors (Lipinski definition) is 6. The van der Waals surface area contributed by atoms with Gasteiger partial charge in [0.25, 0.3) is 0 Å². The summed E-state index contributed by atoms with van der Waals surface area (Å²) in [4.78, 5) is 33.6. The lowest BCUT2D eigenvalue weighted by molar-refractivity contribution is -0.137. The topological polar surface area (TPSA) is 120 Å². The maximum Gasteiger partial charge on any atom is 0.322 e. The standard InChI is InChI=1S/C14H14N4O4S/c19-11(15-8-12(20)21)6-10-13(22)17-14(23-10)18-16-7-9-4-2-1-3-5-9/h1-5,7,10H,6,8H2,(H,15,19)(H,20,21)(H,17,18,22)/b16-7+. The molecule has 0 bridgehead atoms. The van der Waals surface area contributed by atoms with E-state index in [-0.39, 0.29) is 12.3 Å². The Hall–Kier alpha value is -2.68. The number of carboxylic acids is 1. The van der Waals surface area contributed by atoms with Gasteiger partial charge < -0.3 is 15.7 Å². The van der Waals surface area contributed by atoms with Gasteiger partial charge in [-0.2, -0.15) is 5.10 Å². The minimum Gasteiger partial charge on any atom is -0.480 e. The van der Waals surface area contributed by atoms with Gasteiger partial charge in [0.15, 0.2) is 5.17 Å². The van der Waals surface area contributed by atoms with Crippen LogP contribution in [-0.2, 0) is 14.4 Å². The number of thioether (sulfide) groups is 1. The smallest absolute Gasteiger partial charge is 0.322 e. The van der Waals surface area contributed by atoms with Crippen LogP contribution >= 0.6 is 11.8 Å². The summed E-state index contributed by atoms with van der Waals surface area (Å²) in [6.45, 7) is -0.472. The number of carbonyl (C=O) groups excluding carboxylic acids is 2. The molecule has 0 aliphatic carbocycles. The third-order valence-electron chi connectivity index (χ3n) is 2.74. The van der Waals surface area contributed by atoms with Crippen molar-refractivity contribution in [3.8, 4) is 0 Å². The van der Waals surface area contributed by atoms with Gasteiger partial charge in [-0.25, -0.2) is 0 Å². The van der Waals surface area contributed by atoms with E-state index >= 15 is 0 Å². The molecule has 2 rings (SSSR count). The van der Waals surface area contributed by atoms with Crippen LogP contribution < -0.4 is 10.6 Å². The maximum absolute atomic E-state index is 11.7. The summed E-state index contributed by atoms with van der Waals surface area (Å²) < 4.78 is 0. The van der Waals surface area contributed by atoms with E-state index in [2.05, 4.69) is 20.8 Å². The second kappa shape index (κ2) is 8.08. The third-order valence-corrected chi connectivity index (χ3v) is 3.81. The van der Waals surface area contributed by atoms with E-state index in [9.17, 15) is 14.4 Å². The predicted octanol–water partition coefficient (Wildman–Crippen LogP) is 0.199. The molecule has 3 N–H and O–H groups in total. The Morgan fingerprint density at radius 2 is 2.09 bits per heavy atom. The molecule has 1 unspecified atom stereocenters. The van der Waals surface area contributed by atoms with Crippen molar-refractivity contribution < 1.29 is 19.5 Å². The van der Waals surface area contributed by atoms with Crippen LogP contribution in [0.5, 0.6) is 0 Å². The molecule has 0 spiro atoms. The lowest BCUT2D eigenvalue weighted by atomic mass is 10.2. The monoisotopic (exact) mass is 334 g/mol. The Kier molecular flexibility index (Phi) is 5.87. The van der Waals surface area contributed by atoms with Crippen molar-refractivity contribution >= 4 is 40.9 Å². The van der Waals surface area contributed by atoms with Gasteiger partial charge in [-0.15, -0.1) is 5.10 Å². The summed E-state index contributed by atoms with van der Waals surface area (Å²) in [7, 11) is 0. The highest BCUT2D eigenvalue weighted by Gasteiger charge is 2.32.